The molecule has 0 saturated carbocycles. The molecule has 0 bridgehead atoms. The Morgan fingerprint density at radius 1 is 1.15 bits per heavy atom. The Morgan fingerprint density at radius 3 is 2.50 bits per heavy atom. The summed E-state index contributed by atoms with van der Waals surface area (Å²) in [4.78, 5) is 12.0. The number of carbonyl (C=O) groups excluding carboxylic acids is 1. The van der Waals surface area contributed by atoms with Crippen molar-refractivity contribution in [3.63, 3.8) is 0 Å². The molecule has 0 radical (unpaired) electrons. The van der Waals surface area contributed by atoms with Crippen molar-refractivity contribution >= 4 is 21.6 Å². The van der Waals surface area contributed by atoms with Gasteiger partial charge in [0.05, 0.1) is 24.9 Å². The van der Waals surface area contributed by atoms with E-state index in [1.54, 1.807) is 18.2 Å². The first-order valence-corrected chi connectivity index (χ1v) is 10.1. The summed E-state index contributed by atoms with van der Waals surface area (Å²) in [6.45, 7) is 4.07. The van der Waals surface area contributed by atoms with Crippen LogP contribution in [0.1, 0.15) is 16.7 Å². The number of hydrogen-bond donors (Lipinski definition) is 1. The van der Waals surface area contributed by atoms with Gasteiger partial charge in [0, 0.05) is 6.54 Å². The monoisotopic (exact) mass is 378 g/mol. The summed E-state index contributed by atoms with van der Waals surface area (Å²) in [7, 11) is -3.48. The SMILES string of the molecule is Cc1ccc(N(CCNC(=O)Cc2cccc(F)c2)S(C)(=O)=O)c(C)c1. The third-order valence-corrected chi connectivity index (χ3v) is 5.09. The van der Waals surface area contributed by atoms with Crippen molar-refractivity contribution in [3.05, 3.63) is 65.0 Å². The third-order valence-electron chi connectivity index (χ3n) is 3.91. The summed E-state index contributed by atoms with van der Waals surface area (Å²) in [5, 5.41) is 2.69. The zero-order valence-electron chi connectivity index (χ0n) is 15.1. The van der Waals surface area contributed by atoms with Crippen LogP contribution in [0.15, 0.2) is 42.5 Å². The van der Waals surface area contributed by atoms with E-state index >= 15 is 0 Å². The summed E-state index contributed by atoms with van der Waals surface area (Å²) in [6.07, 6.45) is 1.18. The molecular weight excluding hydrogens is 355 g/mol. The van der Waals surface area contributed by atoms with E-state index < -0.39 is 15.8 Å². The van der Waals surface area contributed by atoms with Gasteiger partial charge < -0.3 is 5.32 Å². The highest BCUT2D eigenvalue weighted by atomic mass is 32.2. The first-order chi connectivity index (χ1) is 12.2. The standard InChI is InChI=1S/C19H23FN2O3S/c1-14-7-8-18(15(2)11-14)22(26(3,24)25)10-9-21-19(23)13-16-5-4-6-17(20)12-16/h4-8,11-12H,9-10,13H2,1-3H3,(H,21,23). The molecule has 140 valence electrons. The number of anilines is 1. The molecule has 26 heavy (non-hydrogen) atoms. The van der Waals surface area contributed by atoms with E-state index in [0.29, 0.717) is 11.3 Å². The maximum atomic E-state index is 13.2. The van der Waals surface area contributed by atoms with Gasteiger partial charge in [0.15, 0.2) is 0 Å². The lowest BCUT2D eigenvalue weighted by Gasteiger charge is -2.24. The van der Waals surface area contributed by atoms with Crippen LogP contribution in [0.2, 0.25) is 0 Å². The average Bonchev–Trinajstić information content (AvgIpc) is 2.51. The number of carbonyl (C=O) groups is 1. The molecule has 0 spiro atoms. The van der Waals surface area contributed by atoms with Crippen LogP contribution < -0.4 is 9.62 Å². The summed E-state index contributed by atoms with van der Waals surface area (Å²) in [5.41, 5.74) is 3.05. The maximum absolute atomic E-state index is 13.2. The zero-order valence-corrected chi connectivity index (χ0v) is 15.9. The quantitative estimate of drug-likeness (QED) is 0.805. The summed E-state index contributed by atoms with van der Waals surface area (Å²) >= 11 is 0. The number of rotatable bonds is 7. The van der Waals surface area contributed by atoms with E-state index in [1.807, 2.05) is 26.0 Å². The van der Waals surface area contributed by atoms with Gasteiger partial charge in [-0.25, -0.2) is 12.8 Å². The van der Waals surface area contributed by atoms with Gasteiger partial charge in [0.1, 0.15) is 5.82 Å². The van der Waals surface area contributed by atoms with Crippen molar-refractivity contribution in [2.75, 3.05) is 23.7 Å². The van der Waals surface area contributed by atoms with Crippen LogP contribution in [0.5, 0.6) is 0 Å². The van der Waals surface area contributed by atoms with Crippen molar-refractivity contribution in [1.82, 2.24) is 5.32 Å². The lowest BCUT2D eigenvalue weighted by Crippen LogP contribution is -2.39. The first-order valence-electron chi connectivity index (χ1n) is 8.23. The summed E-state index contributed by atoms with van der Waals surface area (Å²) in [6, 6.07) is 11.4. The van der Waals surface area contributed by atoms with E-state index in [9.17, 15) is 17.6 Å². The number of halogens is 1. The van der Waals surface area contributed by atoms with E-state index in [2.05, 4.69) is 5.32 Å². The minimum absolute atomic E-state index is 0.0419. The van der Waals surface area contributed by atoms with Gasteiger partial charge in [0.2, 0.25) is 15.9 Å². The first kappa shape index (κ1) is 19.9. The molecule has 0 heterocycles. The highest BCUT2D eigenvalue weighted by Crippen LogP contribution is 2.23. The van der Waals surface area contributed by atoms with Crippen molar-refractivity contribution < 1.29 is 17.6 Å². The fourth-order valence-electron chi connectivity index (χ4n) is 2.74. The van der Waals surface area contributed by atoms with Crippen LogP contribution in [0.4, 0.5) is 10.1 Å². The maximum Gasteiger partial charge on any atom is 0.232 e. The van der Waals surface area contributed by atoms with Gasteiger partial charge in [-0.15, -0.1) is 0 Å². The van der Waals surface area contributed by atoms with E-state index in [4.69, 9.17) is 0 Å². The molecule has 1 N–H and O–H groups in total. The number of amides is 1. The molecule has 0 saturated heterocycles. The van der Waals surface area contributed by atoms with Crippen LogP contribution in [0, 0.1) is 19.7 Å². The molecule has 0 aliphatic heterocycles. The lowest BCUT2D eigenvalue weighted by molar-refractivity contribution is -0.120. The molecule has 0 aliphatic rings. The van der Waals surface area contributed by atoms with Gasteiger partial charge >= 0.3 is 0 Å². The van der Waals surface area contributed by atoms with Crippen molar-refractivity contribution in [3.8, 4) is 0 Å². The van der Waals surface area contributed by atoms with Crippen molar-refractivity contribution in [1.29, 1.82) is 0 Å². The van der Waals surface area contributed by atoms with Gasteiger partial charge in [-0.05, 0) is 43.2 Å². The normalized spacial score (nSPS) is 11.2. The predicted molar refractivity (Wildman–Crippen MR) is 101 cm³/mol. The van der Waals surface area contributed by atoms with Gasteiger partial charge in [-0.2, -0.15) is 0 Å². The van der Waals surface area contributed by atoms with E-state index in [-0.39, 0.29) is 25.4 Å². The molecule has 7 heteroatoms. The number of aryl methyl sites for hydroxylation is 2. The Bertz CT molecular complexity index is 897. The van der Waals surface area contributed by atoms with Crippen molar-refractivity contribution in [2.45, 2.75) is 20.3 Å². The highest BCUT2D eigenvalue weighted by Gasteiger charge is 2.19. The van der Waals surface area contributed by atoms with Crippen LogP contribution in [-0.4, -0.2) is 33.7 Å². The van der Waals surface area contributed by atoms with Gasteiger partial charge in [-0.1, -0.05) is 29.8 Å². The number of sulfonamides is 1. The molecule has 0 unspecified atom stereocenters. The molecule has 2 aromatic rings. The molecule has 0 fully saturated rings. The predicted octanol–water partition coefficient (Wildman–Crippen LogP) is 2.57. The molecule has 0 atom stereocenters. The molecule has 5 nitrogen and oxygen atoms in total. The van der Waals surface area contributed by atoms with Gasteiger partial charge in [-0.3, -0.25) is 9.10 Å². The van der Waals surface area contributed by atoms with E-state index in [0.717, 1.165) is 17.4 Å². The zero-order chi connectivity index (χ0) is 19.3. The second kappa shape index (κ2) is 8.31. The lowest BCUT2D eigenvalue weighted by atomic mass is 10.1. The fourth-order valence-corrected chi connectivity index (χ4v) is 3.73. The Kier molecular flexibility index (Phi) is 6.37. The Labute approximate surface area is 153 Å². The molecule has 1 amide bonds. The molecular formula is C19H23FN2O3S. The van der Waals surface area contributed by atoms with Crippen LogP contribution in [0.3, 0.4) is 0 Å². The summed E-state index contributed by atoms with van der Waals surface area (Å²) in [5.74, 6) is -0.682. The van der Waals surface area contributed by atoms with Crippen molar-refractivity contribution in [2.24, 2.45) is 0 Å². The minimum atomic E-state index is -3.48. The number of nitrogens with one attached hydrogen (secondary N) is 1. The third kappa shape index (κ3) is 5.56. The Morgan fingerprint density at radius 2 is 1.88 bits per heavy atom. The molecule has 2 aromatic carbocycles. The largest absolute Gasteiger partial charge is 0.354 e. The summed E-state index contributed by atoms with van der Waals surface area (Å²) < 4.78 is 38.7. The topological polar surface area (TPSA) is 66.5 Å². The molecule has 0 aromatic heterocycles. The number of hydrogen-bond acceptors (Lipinski definition) is 3. The second-order valence-electron chi connectivity index (χ2n) is 6.28. The van der Waals surface area contributed by atoms with Crippen LogP contribution >= 0.6 is 0 Å². The Hall–Kier alpha value is -2.41. The minimum Gasteiger partial charge on any atom is -0.354 e. The molecule has 0 aliphatic carbocycles. The van der Waals surface area contributed by atoms with Gasteiger partial charge in [0.25, 0.3) is 0 Å². The number of nitrogens with zero attached hydrogens (tertiary/aromatic N) is 1. The van der Waals surface area contributed by atoms with Crippen LogP contribution in [-0.2, 0) is 21.2 Å². The fraction of sp³-hybridized carbons (Fsp3) is 0.316. The van der Waals surface area contributed by atoms with Crippen LogP contribution in [0.25, 0.3) is 0 Å². The van der Waals surface area contributed by atoms with E-state index in [1.165, 1.54) is 16.4 Å². The number of benzene rings is 2. The smallest absolute Gasteiger partial charge is 0.232 e. The Balaban J connectivity index is 2.01. The second-order valence-corrected chi connectivity index (χ2v) is 8.19. The average molecular weight is 378 g/mol. The highest BCUT2D eigenvalue weighted by molar-refractivity contribution is 7.92. The molecule has 2 rings (SSSR count).